The van der Waals surface area contributed by atoms with Gasteiger partial charge in [-0.3, -0.25) is 9.78 Å². The zero-order valence-corrected chi connectivity index (χ0v) is 19.9. The number of hydrogen-bond donors (Lipinski definition) is 4. The Labute approximate surface area is 211 Å². The number of carbonyl (C=O) groups is 1. The summed E-state index contributed by atoms with van der Waals surface area (Å²) in [6.45, 7) is 1.98. The topological polar surface area (TPSA) is 124 Å². The van der Waals surface area contributed by atoms with Crippen LogP contribution in [-0.4, -0.2) is 37.0 Å². The molecule has 0 fully saturated rings. The van der Waals surface area contributed by atoms with Gasteiger partial charge in [-0.15, -0.1) is 0 Å². The van der Waals surface area contributed by atoms with Gasteiger partial charge in [-0.1, -0.05) is 18.2 Å². The summed E-state index contributed by atoms with van der Waals surface area (Å²) < 4.78 is 0. The summed E-state index contributed by atoms with van der Waals surface area (Å²) in [6, 6.07) is 21.2. The molecule has 37 heavy (non-hydrogen) atoms. The first-order valence-electron chi connectivity index (χ1n) is 11.7. The van der Waals surface area contributed by atoms with E-state index in [1.165, 1.54) is 0 Å². The van der Waals surface area contributed by atoms with Crippen LogP contribution in [0.2, 0.25) is 0 Å². The van der Waals surface area contributed by atoms with Crippen LogP contribution in [-0.2, 0) is 0 Å². The predicted octanol–water partition coefficient (Wildman–Crippen LogP) is 5.32. The number of aryl methyl sites for hydroxylation is 1. The number of hydrazone groups is 1. The largest absolute Gasteiger partial charge is 0.358 e. The third-order valence-electron chi connectivity index (χ3n) is 6.04. The fourth-order valence-electron chi connectivity index (χ4n) is 4.24. The monoisotopic (exact) mass is 486 g/mol. The Bertz CT molecular complexity index is 1770. The molecule has 0 aliphatic rings. The Morgan fingerprint density at radius 1 is 0.973 bits per heavy atom. The molecule has 1 amide bonds. The second kappa shape index (κ2) is 9.38. The molecular formula is C28H22N8O. The molecule has 0 radical (unpaired) electrons. The summed E-state index contributed by atoms with van der Waals surface area (Å²) in [7, 11) is 0. The van der Waals surface area contributed by atoms with Crippen molar-refractivity contribution in [3.63, 3.8) is 0 Å². The number of hydrogen-bond acceptors (Lipinski definition) is 6. The molecule has 0 aliphatic heterocycles. The van der Waals surface area contributed by atoms with Gasteiger partial charge in [0, 0.05) is 62.9 Å². The van der Waals surface area contributed by atoms with Crippen LogP contribution in [0.5, 0.6) is 0 Å². The van der Waals surface area contributed by atoms with Crippen molar-refractivity contribution in [1.82, 2.24) is 30.3 Å². The molecule has 0 bridgehead atoms. The van der Waals surface area contributed by atoms with Crippen LogP contribution < -0.4 is 10.7 Å². The zero-order chi connectivity index (χ0) is 25.2. The van der Waals surface area contributed by atoms with Gasteiger partial charge in [-0.25, -0.2) is 15.4 Å². The highest BCUT2D eigenvalue weighted by Gasteiger charge is 2.11. The van der Waals surface area contributed by atoms with E-state index in [-0.39, 0.29) is 5.91 Å². The number of aromatic nitrogens is 5. The third-order valence-corrected chi connectivity index (χ3v) is 6.04. The summed E-state index contributed by atoms with van der Waals surface area (Å²) in [5, 5.41) is 9.34. The van der Waals surface area contributed by atoms with Crippen LogP contribution in [0.3, 0.4) is 0 Å². The fourth-order valence-corrected chi connectivity index (χ4v) is 4.24. The van der Waals surface area contributed by atoms with E-state index in [9.17, 15) is 4.79 Å². The fraction of sp³-hybridized carbons (Fsp3) is 0.0357. The van der Waals surface area contributed by atoms with Crippen molar-refractivity contribution in [3.8, 4) is 11.3 Å². The molecule has 0 spiro atoms. The van der Waals surface area contributed by atoms with E-state index in [1.807, 2.05) is 67.6 Å². The lowest BCUT2D eigenvalue weighted by Crippen LogP contribution is -2.17. The number of H-pyrrole nitrogens is 2. The molecule has 9 nitrogen and oxygen atoms in total. The summed E-state index contributed by atoms with van der Waals surface area (Å²) in [5.74, 6) is 0.142. The van der Waals surface area contributed by atoms with Crippen LogP contribution in [0.1, 0.15) is 21.7 Å². The second-order valence-electron chi connectivity index (χ2n) is 8.53. The van der Waals surface area contributed by atoms with E-state index >= 15 is 0 Å². The van der Waals surface area contributed by atoms with Gasteiger partial charge in [0.15, 0.2) is 0 Å². The highest BCUT2D eigenvalue weighted by atomic mass is 16.2. The van der Waals surface area contributed by atoms with E-state index in [0.29, 0.717) is 11.6 Å². The molecule has 0 aliphatic carbocycles. The molecule has 4 N–H and O–H groups in total. The van der Waals surface area contributed by atoms with Gasteiger partial charge in [-0.2, -0.15) is 5.10 Å². The lowest BCUT2D eigenvalue weighted by Gasteiger charge is -2.06. The molecule has 180 valence electrons. The first-order valence-corrected chi connectivity index (χ1v) is 11.7. The number of para-hydroxylation sites is 1. The van der Waals surface area contributed by atoms with Crippen molar-refractivity contribution in [2.45, 2.75) is 6.92 Å². The summed E-state index contributed by atoms with van der Waals surface area (Å²) in [6.07, 6.45) is 6.85. The van der Waals surface area contributed by atoms with Crippen molar-refractivity contribution in [1.29, 1.82) is 0 Å². The molecule has 6 aromatic rings. The Morgan fingerprint density at radius 3 is 2.78 bits per heavy atom. The number of anilines is 2. The maximum absolute atomic E-state index is 12.7. The smallest absolute Gasteiger partial charge is 0.287 e. The molecule has 0 atom stereocenters. The normalized spacial score (nSPS) is 11.4. The Balaban J connectivity index is 1.17. The molecule has 9 heteroatoms. The number of nitrogens with one attached hydrogen (secondary N) is 4. The van der Waals surface area contributed by atoms with Crippen LogP contribution in [0.15, 0.2) is 90.4 Å². The highest BCUT2D eigenvalue weighted by Crippen LogP contribution is 2.24. The standard InChI is InChI=1S/C28H22N8O/c1-17-22(21-6-2-3-7-25(21)32-17)16-31-36-27(37)26-14-19-13-20(8-9-23(19)34-26)33-28-30-12-10-24(35-28)18-5-4-11-29-15-18/h2-16,32,34H,1H3,(H,36,37)(H,30,33,35)/b31-16+. The van der Waals surface area contributed by atoms with Crippen LogP contribution >= 0.6 is 0 Å². The van der Waals surface area contributed by atoms with Gasteiger partial charge < -0.3 is 15.3 Å². The van der Waals surface area contributed by atoms with E-state index in [2.05, 4.69) is 40.8 Å². The third kappa shape index (κ3) is 4.53. The van der Waals surface area contributed by atoms with Crippen LogP contribution in [0.4, 0.5) is 11.6 Å². The number of nitrogens with zero attached hydrogens (tertiary/aromatic N) is 4. The average Bonchev–Trinajstić information content (AvgIpc) is 3.49. The minimum atomic E-state index is -0.327. The maximum atomic E-state index is 12.7. The van der Waals surface area contributed by atoms with Crippen LogP contribution in [0, 0.1) is 6.92 Å². The van der Waals surface area contributed by atoms with E-state index in [1.54, 1.807) is 30.9 Å². The first kappa shape index (κ1) is 22.2. The van der Waals surface area contributed by atoms with Gasteiger partial charge in [0.05, 0.1) is 11.9 Å². The van der Waals surface area contributed by atoms with Gasteiger partial charge in [0.1, 0.15) is 5.69 Å². The van der Waals surface area contributed by atoms with Gasteiger partial charge in [0.25, 0.3) is 5.91 Å². The molecule has 0 saturated heterocycles. The van der Waals surface area contributed by atoms with Gasteiger partial charge in [0.2, 0.25) is 5.95 Å². The van der Waals surface area contributed by atoms with Crippen molar-refractivity contribution in [2.24, 2.45) is 5.10 Å². The van der Waals surface area contributed by atoms with Gasteiger partial charge in [-0.05, 0) is 55.5 Å². The molecular weight excluding hydrogens is 464 g/mol. The van der Waals surface area contributed by atoms with E-state index in [0.717, 1.165) is 50.0 Å². The van der Waals surface area contributed by atoms with E-state index in [4.69, 9.17) is 0 Å². The second-order valence-corrected chi connectivity index (χ2v) is 8.53. The Kier molecular flexibility index (Phi) is 5.62. The number of rotatable bonds is 6. The molecule has 6 rings (SSSR count). The molecule has 4 heterocycles. The Morgan fingerprint density at radius 2 is 1.89 bits per heavy atom. The summed E-state index contributed by atoms with van der Waals surface area (Å²) in [4.78, 5) is 32.2. The van der Waals surface area contributed by atoms with Crippen molar-refractivity contribution in [2.75, 3.05) is 5.32 Å². The predicted molar refractivity (Wildman–Crippen MR) is 145 cm³/mol. The van der Waals surface area contributed by atoms with Crippen molar-refractivity contribution >= 4 is 45.6 Å². The molecule has 2 aromatic carbocycles. The Hall–Kier alpha value is -5.31. The van der Waals surface area contributed by atoms with E-state index < -0.39 is 0 Å². The minimum absolute atomic E-state index is 0.327. The highest BCUT2D eigenvalue weighted by molar-refractivity contribution is 6.02. The number of fused-ring (bicyclic) bond motifs is 2. The summed E-state index contributed by atoms with van der Waals surface area (Å²) in [5.41, 5.74) is 9.30. The lowest BCUT2D eigenvalue weighted by atomic mass is 10.1. The number of benzene rings is 2. The van der Waals surface area contributed by atoms with Crippen LogP contribution in [0.25, 0.3) is 33.1 Å². The lowest BCUT2D eigenvalue weighted by molar-refractivity contribution is 0.0951. The van der Waals surface area contributed by atoms with Gasteiger partial charge >= 0.3 is 0 Å². The number of pyridine rings is 1. The van der Waals surface area contributed by atoms with Crippen molar-refractivity contribution < 1.29 is 4.79 Å². The van der Waals surface area contributed by atoms with Crippen molar-refractivity contribution in [3.05, 3.63) is 102 Å². The number of aromatic amines is 2. The molecule has 0 unspecified atom stereocenters. The quantitative estimate of drug-likeness (QED) is 0.187. The summed E-state index contributed by atoms with van der Waals surface area (Å²) >= 11 is 0. The SMILES string of the molecule is Cc1[nH]c2ccccc2c1/C=N/NC(=O)c1cc2cc(Nc3nccc(-c4cccnc4)n3)ccc2[nH]1. The minimum Gasteiger partial charge on any atom is -0.358 e. The number of carbonyl (C=O) groups excluding carboxylic acids is 1. The maximum Gasteiger partial charge on any atom is 0.287 e. The molecule has 4 aromatic heterocycles. The number of amides is 1. The first-order chi connectivity index (χ1) is 18.1. The molecule has 0 saturated carbocycles. The average molecular weight is 487 g/mol. The zero-order valence-electron chi connectivity index (χ0n) is 19.9.